The predicted octanol–water partition coefficient (Wildman–Crippen LogP) is 3.31. The van der Waals surface area contributed by atoms with Crippen molar-refractivity contribution in [2.45, 2.75) is 13.5 Å². The van der Waals surface area contributed by atoms with Crippen LogP contribution >= 0.6 is 15.9 Å². The molecule has 0 radical (unpaired) electrons. The van der Waals surface area contributed by atoms with E-state index < -0.39 is 11.7 Å². The molecule has 0 saturated heterocycles. The summed E-state index contributed by atoms with van der Waals surface area (Å²) in [5.41, 5.74) is 0.741. The van der Waals surface area contributed by atoms with E-state index in [2.05, 4.69) is 26.2 Å². The van der Waals surface area contributed by atoms with Crippen molar-refractivity contribution in [2.75, 3.05) is 6.61 Å². The Hall–Kier alpha value is -1.95. The topological polar surface area (TPSA) is 51.2 Å². The number of aromatic nitrogens is 1. The third-order valence-corrected chi connectivity index (χ3v) is 3.24. The van der Waals surface area contributed by atoms with Crippen molar-refractivity contribution in [3.05, 3.63) is 57.9 Å². The van der Waals surface area contributed by atoms with Gasteiger partial charge in [-0.15, -0.1) is 0 Å². The molecule has 1 amide bonds. The maximum atomic E-state index is 13.7. The number of amides is 1. The number of nitrogens with zero attached hydrogens (tertiary/aromatic N) is 1. The molecule has 0 bridgehead atoms. The van der Waals surface area contributed by atoms with E-state index in [9.17, 15) is 9.18 Å². The standard InChI is InChI=1S/C15H14BrFN2O2/c1-2-21-15-10(4-3-7-18-15)9-19-14(20)12-6-5-11(16)8-13(12)17/h3-8H,2,9H2,1H3,(H,19,20). The van der Waals surface area contributed by atoms with Crippen LogP contribution in [0.3, 0.4) is 0 Å². The summed E-state index contributed by atoms with van der Waals surface area (Å²) in [5, 5.41) is 2.66. The van der Waals surface area contributed by atoms with E-state index in [4.69, 9.17) is 4.74 Å². The highest BCUT2D eigenvalue weighted by Gasteiger charge is 2.12. The van der Waals surface area contributed by atoms with Crippen molar-refractivity contribution in [1.82, 2.24) is 10.3 Å². The first-order valence-electron chi connectivity index (χ1n) is 6.41. The Kier molecular flexibility index (Phi) is 5.27. The molecule has 1 heterocycles. The van der Waals surface area contributed by atoms with Gasteiger partial charge in [0, 0.05) is 22.8 Å². The molecule has 0 fully saturated rings. The lowest BCUT2D eigenvalue weighted by molar-refractivity contribution is 0.0946. The molecule has 2 rings (SSSR count). The lowest BCUT2D eigenvalue weighted by atomic mass is 10.2. The molecule has 21 heavy (non-hydrogen) atoms. The van der Waals surface area contributed by atoms with Crippen LogP contribution < -0.4 is 10.1 Å². The molecule has 0 aliphatic rings. The molecule has 1 N–H and O–H groups in total. The van der Waals surface area contributed by atoms with Crippen LogP contribution in [0.2, 0.25) is 0 Å². The van der Waals surface area contributed by atoms with Gasteiger partial charge in [-0.05, 0) is 31.2 Å². The van der Waals surface area contributed by atoms with Crippen LogP contribution in [0.25, 0.3) is 0 Å². The van der Waals surface area contributed by atoms with E-state index in [-0.39, 0.29) is 12.1 Å². The van der Waals surface area contributed by atoms with Gasteiger partial charge in [-0.3, -0.25) is 4.79 Å². The smallest absolute Gasteiger partial charge is 0.254 e. The molecule has 0 atom stereocenters. The number of carbonyl (C=O) groups excluding carboxylic acids is 1. The summed E-state index contributed by atoms with van der Waals surface area (Å²) in [7, 11) is 0. The average Bonchev–Trinajstić information content (AvgIpc) is 2.46. The van der Waals surface area contributed by atoms with E-state index in [1.165, 1.54) is 12.1 Å². The number of halogens is 2. The first-order valence-corrected chi connectivity index (χ1v) is 7.21. The van der Waals surface area contributed by atoms with E-state index >= 15 is 0 Å². The third-order valence-electron chi connectivity index (χ3n) is 2.75. The summed E-state index contributed by atoms with van der Waals surface area (Å²) < 4.78 is 19.7. The second-order valence-electron chi connectivity index (χ2n) is 4.21. The number of rotatable bonds is 5. The van der Waals surface area contributed by atoms with Crippen LogP contribution in [0.15, 0.2) is 41.0 Å². The molecule has 2 aromatic rings. The molecule has 0 aliphatic carbocycles. The van der Waals surface area contributed by atoms with Crippen LogP contribution in [0, 0.1) is 5.82 Å². The lowest BCUT2D eigenvalue weighted by Crippen LogP contribution is -2.24. The molecule has 0 spiro atoms. The molecule has 4 nitrogen and oxygen atoms in total. The number of ether oxygens (including phenoxy) is 1. The molecule has 0 unspecified atom stereocenters. The molecule has 0 saturated carbocycles. The second-order valence-corrected chi connectivity index (χ2v) is 5.12. The molecule has 110 valence electrons. The monoisotopic (exact) mass is 352 g/mol. The van der Waals surface area contributed by atoms with Crippen LogP contribution in [-0.4, -0.2) is 17.5 Å². The van der Waals surface area contributed by atoms with Crippen molar-refractivity contribution in [2.24, 2.45) is 0 Å². The van der Waals surface area contributed by atoms with Crippen molar-refractivity contribution in [3.63, 3.8) is 0 Å². The lowest BCUT2D eigenvalue weighted by Gasteiger charge is -2.10. The van der Waals surface area contributed by atoms with Crippen LogP contribution in [0.5, 0.6) is 5.88 Å². The Balaban J connectivity index is 2.07. The third kappa shape index (κ3) is 4.01. The highest BCUT2D eigenvalue weighted by Crippen LogP contribution is 2.17. The summed E-state index contributed by atoms with van der Waals surface area (Å²) in [6.45, 7) is 2.56. The van der Waals surface area contributed by atoms with E-state index in [0.717, 1.165) is 5.56 Å². The fourth-order valence-corrected chi connectivity index (χ4v) is 2.10. The SMILES string of the molecule is CCOc1ncccc1CNC(=O)c1ccc(Br)cc1F. The summed E-state index contributed by atoms with van der Waals surface area (Å²) in [4.78, 5) is 16.1. The van der Waals surface area contributed by atoms with E-state index in [1.807, 2.05) is 6.92 Å². The maximum absolute atomic E-state index is 13.7. The molecule has 6 heteroatoms. The van der Waals surface area contributed by atoms with E-state index in [0.29, 0.717) is 17.0 Å². The van der Waals surface area contributed by atoms with Crippen molar-refractivity contribution < 1.29 is 13.9 Å². The van der Waals surface area contributed by atoms with Gasteiger partial charge >= 0.3 is 0 Å². The molecule has 1 aromatic carbocycles. The largest absolute Gasteiger partial charge is 0.478 e. The zero-order valence-corrected chi connectivity index (χ0v) is 13.0. The van der Waals surface area contributed by atoms with Gasteiger partial charge in [0.25, 0.3) is 5.91 Å². The number of carbonyl (C=O) groups is 1. The Bertz CT molecular complexity index is 649. The van der Waals surface area contributed by atoms with Crippen LogP contribution in [0.1, 0.15) is 22.8 Å². The summed E-state index contributed by atoms with van der Waals surface area (Å²) in [6.07, 6.45) is 1.62. The number of benzene rings is 1. The Labute approximate surface area is 130 Å². The molecule has 1 aromatic heterocycles. The van der Waals surface area contributed by atoms with Crippen molar-refractivity contribution in [3.8, 4) is 5.88 Å². The van der Waals surface area contributed by atoms with Gasteiger partial charge in [0.05, 0.1) is 12.2 Å². The Morgan fingerprint density at radius 3 is 2.95 bits per heavy atom. The number of hydrogen-bond donors (Lipinski definition) is 1. The van der Waals surface area contributed by atoms with Gasteiger partial charge in [0.2, 0.25) is 5.88 Å². The van der Waals surface area contributed by atoms with Crippen LogP contribution in [0.4, 0.5) is 4.39 Å². The van der Waals surface area contributed by atoms with Gasteiger partial charge in [0.15, 0.2) is 0 Å². The zero-order valence-electron chi connectivity index (χ0n) is 11.4. The van der Waals surface area contributed by atoms with Gasteiger partial charge < -0.3 is 10.1 Å². The highest BCUT2D eigenvalue weighted by atomic mass is 79.9. The molecular weight excluding hydrogens is 339 g/mol. The summed E-state index contributed by atoms with van der Waals surface area (Å²) in [6, 6.07) is 7.86. The number of nitrogens with one attached hydrogen (secondary N) is 1. The predicted molar refractivity (Wildman–Crippen MR) is 80.7 cm³/mol. The van der Waals surface area contributed by atoms with Crippen molar-refractivity contribution >= 4 is 21.8 Å². The van der Waals surface area contributed by atoms with Gasteiger partial charge in [-0.2, -0.15) is 0 Å². The van der Waals surface area contributed by atoms with E-state index in [1.54, 1.807) is 24.4 Å². The van der Waals surface area contributed by atoms with Gasteiger partial charge in [-0.25, -0.2) is 9.37 Å². The minimum absolute atomic E-state index is 0.0000465. The fourth-order valence-electron chi connectivity index (χ4n) is 1.77. The zero-order chi connectivity index (χ0) is 15.2. The maximum Gasteiger partial charge on any atom is 0.254 e. The summed E-state index contributed by atoms with van der Waals surface area (Å²) in [5.74, 6) is -0.582. The van der Waals surface area contributed by atoms with Gasteiger partial charge in [-0.1, -0.05) is 22.0 Å². The minimum Gasteiger partial charge on any atom is -0.478 e. The normalized spacial score (nSPS) is 10.2. The minimum atomic E-state index is -0.571. The Morgan fingerprint density at radius 1 is 1.43 bits per heavy atom. The molecular formula is C15H14BrFN2O2. The second kappa shape index (κ2) is 7.17. The van der Waals surface area contributed by atoms with Gasteiger partial charge in [0.1, 0.15) is 5.82 Å². The number of hydrogen-bond acceptors (Lipinski definition) is 3. The first-order chi connectivity index (χ1) is 10.1. The Morgan fingerprint density at radius 2 is 2.24 bits per heavy atom. The molecule has 0 aliphatic heterocycles. The number of pyridine rings is 1. The summed E-state index contributed by atoms with van der Waals surface area (Å²) >= 11 is 3.15. The first kappa shape index (κ1) is 15.4. The average molecular weight is 353 g/mol. The van der Waals surface area contributed by atoms with Crippen molar-refractivity contribution in [1.29, 1.82) is 0 Å². The fraction of sp³-hybridized carbons (Fsp3) is 0.200. The highest BCUT2D eigenvalue weighted by molar-refractivity contribution is 9.10. The quantitative estimate of drug-likeness (QED) is 0.897. The van der Waals surface area contributed by atoms with Crippen LogP contribution in [-0.2, 0) is 6.54 Å².